The fourth-order valence-electron chi connectivity index (χ4n) is 1.53. The Hall–Kier alpha value is -1.55. The summed E-state index contributed by atoms with van der Waals surface area (Å²) in [6.07, 6.45) is 0. The van der Waals surface area contributed by atoms with Gasteiger partial charge in [0.2, 0.25) is 0 Å². The number of hydrogen-bond donors (Lipinski definition) is 1. The fraction of sp³-hybridized carbons (Fsp3) is 0.143. The van der Waals surface area contributed by atoms with Crippen LogP contribution in [0.5, 0.6) is 5.75 Å². The van der Waals surface area contributed by atoms with Crippen molar-refractivity contribution in [3.63, 3.8) is 0 Å². The molecule has 0 amide bonds. The Morgan fingerprint density at radius 1 is 1.28 bits per heavy atom. The smallest absolute Gasteiger partial charge is 0.137 e. The molecule has 0 spiro atoms. The Bertz CT molecular complexity index is 572. The van der Waals surface area contributed by atoms with E-state index in [-0.39, 0.29) is 5.82 Å². The number of nitrogens with two attached hydrogens (primary N) is 1. The van der Waals surface area contributed by atoms with E-state index in [1.54, 1.807) is 12.1 Å². The molecule has 2 nitrogen and oxygen atoms in total. The van der Waals surface area contributed by atoms with E-state index >= 15 is 0 Å². The van der Waals surface area contributed by atoms with Crippen LogP contribution in [0.4, 0.5) is 10.1 Å². The topological polar surface area (TPSA) is 35.2 Å². The van der Waals surface area contributed by atoms with Crippen molar-refractivity contribution in [1.29, 1.82) is 0 Å². The Morgan fingerprint density at radius 2 is 2.06 bits per heavy atom. The monoisotopic (exact) mass is 309 g/mol. The highest BCUT2D eigenvalue weighted by Gasteiger charge is 2.06. The third-order valence-electron chi connectivity index (χ3n) is 2.68. The van der Waals surface area contributed by atoms with E-state index in [0.717, 1.165) is 11.1 Å². The van der Waals surface area contributed by atoms with Gasteiger partial charge in [0.05, 0.1) is 4.47 Å². The zero-order chi connectivity index (χ0) is 13.1. The van der Waals surface area contributed by atoms with Gasteiger partial charge in [0, 0.05) is 17.3 Å². The molecular formula is C14H13BrFNO. The van der Waals surface area contributed by atoms with E-state index in [2.05, 4.69) is 15.9 Å². The van der Waals surface area contributed by atoms with Gasteiger partial charge in [0.15, 0.2) is 0 Å². The van der Waals surface area contributed by atoms with Crippen LogP contribution in [-0.4, -0.2) is 0 Å². The molecule has 0 aromatic heterocycles. The number of rotatable bonds is 3. The van der Waals surface area contributed by atoms with Crippen LogP contribution in [0, 0.1) is 12.7 Å². The summed E-state index contributed by atoms with van der Waals surface area (Å²) < 4.78 is 19.3. The van der Waals surface area contributed by atoms with E-state index < -0.39 is 0 Å². The Balaban J connectivity index is 2.11. The van der Waals surface area contributed by atoms with Crippen molar-refractivity contribution in [2.75, 3.05) is 5.73 Å². The number of anilines is 1. The molecule has 4 heteroatoms. The van der Waals surface area contributed by atoms with Crippen LogP contribution in [0.2, 0.25) is 0 Å². The van der Waals surface area contributed by atoms with Gasteiger partial charge < -0.3 is 10.5 Å². The lowest BCUT2D eigenvalue weighted by atomic mass is 10.2. The SMILES string of the molecule is Cc1ccc(OCc2cccc(F)c2Br)cc1N. The molecule has 0 unspecified atom stereocenters. The number of aryl methyl sites for hydroxylation is 1. The van der Waals surface area contributed by atoms with Gasteiger partial charge in [-0.1, -0.05) is 18.2 Å². The third-order valence-corrected chi connectivity index (χ3v) is 3.56. The van der Waals surface area contributed by atoms with E-state index in [0.29, 0.717) is 22.5 Å². The molecule has 0 aliphatic heterocycles. The average molecular weight is 310 g/mol. The molecule has 2 aromatic rings. The fourth-order valence-corrected chi connectivity index (χ4v) is 1.91. The second-order valence-electron chi connectivity index (χ2n) is 4.02. The molecule has 2 rings (SSSR count). The number of halogens is 2. The van der Waals surface area contributed by atoms with E-state index in [9.17, 15) is 4.39 Å². The molecule has 0 radical (unpaired) electrons. The minimum atomic E-state index is -0.292. The highest BCUT2D eigenvalue weighted by atomic mass is 79.9. The van der Waals surface area contributed by atoms with Gasteiger partial charge >= 0.3 is 0 Å². The zero-order valence-corrected chi connectivity index (χ0v) is 11.5. The lowest BCUT2D eigenvalue weighted by Gasteiger charge is -2.09. The molecule has 0 fully saturated rings. The first-order chi connectivity index (χ1) is 8.58. The first kappa shape index (κ1) is 12.9. The number of nitrogen functional groups attached to an aromatic ring is 1. The molecule has 0 atom stereocenters. The molecule has 2 N–H and O–H groups in total. The van der Waals surface area contributed by atoms with Crippen LogP contribution in [0.3, 0.4) is 0 Å². The zero-order valence-electron chi connectivity index (χ0n) is 9.91. The largest absolute Gasteiger partial charge is 0.489 e. The summed E-state index contributed by atoms with van der Waals surface area (Å²) >= 11 is 3.20. The van der Waals surface area contributed by atoms with E-state index in [1.165, 1.54) is 6.07 Å². The van der Waals surface area contributed by atoms with Gasteiger partial charge in [-0.25, -0.2) is 4.39 Å². The van der Waals surface area contributed by atoms with Gasteiger partial charge in [-0.15, -0.1) is 0 Å². The van der Waals surface area contributed by atoms with Crippen LogP contribution in [-0.2, 0) is 6.61 Å². The number of hydrogen-bond acceptors (Lipinski definition) is 2. The molecular weight excluding hydrogens is 297 g/mol. The van der Waals surface area contributed by atoms with Crippen LogP contribution >= 0.6 is 15.9 Å². The molecule has 0 aliphatic carbocycles. The van der Waals surface area contributed by atoms with Crippen LogP contribution in [0.25, 0.3) is 0 Å². The molecule has 0 bridgehead atoms. The minimum absolute atomic E-state index is 0.292. The van der Waals surface area contributed by atoms with Crippen molar-refractivity contribution >= 4 is 21.6 Å². The van der Waals surface area contributed by atoms with Gasteiger partial charge in [-0.05, 0) is 40.5 Å². The van der Waals surface area contributed by atoms with Crippen molar-refractivity contribution in [3.8, 4) is 5.75 Å². The maximum absolute atomic E-state index is 13.3. The minimum Gasteiger partial charge on any atom is -0.489 e. The summed E-state index contributed by atoms with van der Waals surface area (Å²) in [5.74, 6) is 0.383. The quantitative estimate of drug-likeness (QED) is 0.868. The van der Waals surface area contributed by atoms with Gasteiger partial charge in [-0.3, -0.25) is 0 Å². The van der Waals surface area contributed by atoms with E-state index in [1.807, 2.05) is 25.1 Å². The summed E-state index contributed by atoms with van der Waals surface area (Å²) in [5.41, 5.74) is 8.25. The summed E-state index contributed by atoms with van der Waals surface area (Å²) in [7, 11) is 0. The van der Waals surface area contributed by atoms with Crippen molar-refractivity contribution in [1.82, 2.24) is 0 Å². The Kier molecular flexibility index (Phi) is 3.87. The van der Waals surface area contributed by atoms with Crippen molar-refractivity contribution in [2.24, 2.45) is 0 Å². The summed E-state index contributed by atoms with van der Waals surface area (Å²) in [6, 6.07) is 10.4. The predicted octanol–water partition coefficient (Wildman–Crippen LogP) is 4.06. The molecule has 0 heterocycles. The third kappa shape index (κ3) is 2.82. The summed E-state index contributed by atoms with van der Waals surface area (Å²) in [4.78, 5) is 0. The normalized spacial score (nSPS) is 10.4. The highest BCUT2D eigenvalue weighted by Crippen LogP contribution is 2.24. The average Bonchev–Trinajstić information content (AvgIpc) is 2.35. The van der Waals surface area contributed by atoms with Crippen LogP contribution in [0.1, 0.15) is 11.1 Å². The second kappa shape index (κ2) is 5.40. The van der Waals surface area contributed by atoms with Gasteiger partial charge in [0.1, 0.15) is 18.2 Å². The maximum atomic E-state index is 13.3. The van der Waals surface area contributed by atoms with Crippen molar-refractivity contribution in [3.05, 3.63) is 57.8 Å². The molecule has 0 aliphatic rings. The standard InChI is InChI=1S/C14H13BrFNO/c1-9-5-6-11(7-13(9)17)18-8-10-3-2-4-12(16)14(10)15/h2-7H,8,17H2,1H3. The molecule has 0 saturated carbocycles. The first-order valence-electron chi connectivity index (χ1n) is 5.50. The predicted molar refractivity (Wildman–Crippen MR) is 74.0 cm³/mol. The Morgan fingerprint density at radius 3 is 2.78 bits per heavy atom. The van der Waals surface area contributed by atoms with Crippen LogP contribution in [0.15, 0.2) is 40.9 Å². The molecule has 94 valence electrons. The van der Waals surface area contributed by atoms with Gasteiger partial charge in [0.25, 0.3) is 0 Å². The molecule has 0 saturated heterocycles. The molecule has 18 heavy (non-hydrogen) atoms. The lowest BCUT2D eigenvalue weighted by molar-refractivity contribution is 0.305. The first-order valence-corrected chi connectivity index (χ1v) is 6.29. The van der Waals surface area contributed by atoms with Crippen molar-refractivity contribution in [2.45, 2.75) is 13.5 Å². The molecule has 2 aromatic carbocycles. The number of ether oxygens (including phenoxy) is 1. The van der Waals surface area contributed by atoms with Crippen LogP contribution < -0.4 is 10.5 Å². The van der Waals surface area contributed by atoms with E-state index in [4.69, 9.17) is 10.5 Å². The summed E-state index contributed by atoms with van der Waals surface area (Å²) in [5, 5.41) is 0. The lowest BCUT2D eigenvalue weighted by Crippen LogP contribution is -1.99. The number of benzene rings is 2. The van der Waals surface area contributed by atoms with Gasteiger partial charge in [-0.2, -0.15) is 0 Å². The maximum Gasteiger partial charge on any atom is 0.137 e. The van der Waals surface area contributed by atoms with Crippen molar-refractivity contribution < 1.29 is 9.13 Å². The highest BCUT2D eigenvalue weighted by molar-refractivity contribution is 9.10. The Labute approximate surface area is 114 Å². The second-order valence-corrected chi connectivity index (χ2v) is 4.81. The summed E-state index contributed by atoms with van der Waals surface area (Å²) in [6.45, 7) is 2.23.